The molecule has 3 aliphatic rings. The summed E-state index contributed by atoms with van der Waals surface area (Å²) in [6.07, 6.45) is 7.00. The molecule has 0 unspecified atom stereocenters. The number of phenols is 1. The van der Waals surface area contributed by atoms with Crippen LogP contribution in [0.15, 0.2) is 24.3 Å². The quantitative estimate of drug-likeness (QED) is 0.884. The number of piperidine rings is 2. The van der Waals surface area contributed by atoms with Crippen molar-refractivity contribution in [2.45, 2.75) is 51.1 Å². The Morgan fingerprint density at radius 2 is 1.63 bits per heavy atom. The number of carbonyl (C=O) groups excluding carboxylic acids is 1. The van der Waals surface area contributed by atoms with E-state index in [4.69, 9.17) is 0 Å². The van der Waals surface area contributed by atoms with Crippen molar-refractivity contribution in [1.82, 2.24) is 14.7 Å². The Bertz CT molecular complexity index is 619. The van der Waals surface area contributed by atoms with Gasteiger partial charge in [-0.25, -0.2) is 0 Å². The summed E-state index contributed by atoms with van der Waals surface area (Å²) >= 11 is 0. The van der Waals surface area contributed by atoms with E-state index in [-0.39, 0.29) is 5.92 Å². The smallest absolute Gasteiger partial charge is 0.226 e. The van der Waals surface area contributed by atoms with Crippen LogP contribution in [0.1, 0.15) is 44.1 Å². The Hall–Kier alpha value is -1.59. The molecule has 1 amide bonds. The summed E-state index contributed by atoms with van der Waals surface area (Å²) in [6, 6.07) is 8.21. The number of carbonyl (C=O) groups is 1. The fourth-order valence-electron chi connectivity index (χ4n) is 5.04. The summed E-state index contributed by atoms with van der Waals surface area (Å²) in [6.45, 7) is 7.28. The third kappa shape index (κ3) is 4.64. The van der Waals surface area contributed by atoms with Crippen molar-refractivity contribution < 1.29 is 9.90 Å². The number of hydrogen-bond acceptors (Lipinski definition) is 4. The molecule has 0 saturated carbocycles. The molecule has 3 heterocycles. The van der Waals surface area contributed by atoms with Crippen LogP contribution in [-0.4, -0.2) is 71.0 Å². The Morgan fingerprint density at radius 1 is 0.926 bits per heavy atom. The van der Waals surface area contributed by atoms with E-state index < -0.39 is 0 Å². The van der Waals surface area contributed by atoms with Crippen LogP contribution >= 0.6 is 0 Å². The number of hydrogen-bond donors (Lipinski definition) is 1. The number of phenolic OH excluding ortho intramolecular Hbond substituents is 1. The fourth-order valence-corrected chi connectivity index (χ4v) is 5.04. The van der Waals surface area contributed by atoms with Crippen LogP contribution in [0.4, 0.5) is 0 Å². The van der Waals surface area contributed by atoms with Crippen LogP contribution in [0.25, 0.3) is 0 Å². The molecule has 3 fully saturated rings. The second kappa shape index (κ2) is 8.61. The number of nitrogens with zero attached hydrogens (tertiary/aromatic N) is 3. The number of rotatable bonds is 4. The molecule has 1 aromatic carbocycles. The largest absolute Gasteiger partial charge is 0.508 e. The maximum Gasteiger partial charge on any atom is 0.226 e. The molecular formula is C22H33N3O2. The summed E-state index contributed by atoms with van der Waals surface area (Å²) in [5.74, 6) is 0.981. The average molecular weight is 372 g/mol. The number of likely N-dealkylation sites (tertiary alicyclic amines) is 3. The molecule has 0 spiro atoms. The first-order chi connectivity index (χ1) is 13.2. The van der Waals surface area contributed by atoms with Gasteiger partial charge in [0, 0.05) is 32.2 Å². The second-order valence-corrected chi connectivity index (χ2v) is 8.54. The lowest BCUT2D eigenvalue weighted by molar-refractivity contribution is -0.136. The van der Waals surface area contributed by atoms with Crippen molar-refractivity contribution in [3.63, 3.8) is 0 Å². The van der Waals surface area contributed by atoms with Gasteiger partial charge in [0.1, 0.15) is 5.75 Å². The molecule has 3 saturated heterocycles. The van der Waals surface area contributed by atoms with Gasteiger partial charge < -0.3 is 10.0 Å². The summed E-state index contributed by atoms with van der Waals surface area (Å²) < 4.78 is 0. The van der Waals surface area contributed by atoms with Gasteiger partial charge >= 0.3 is 0 Å². The van der Waals surface area contributed by atoms with Gasteiger partial charge in [-0.1, -0.05) is 12.1 Å². The topological polar surface area (TPSA) is 47.0 Å². The molecule has 1 aromatic rings. The molecule has 0 aromatic heterocycles. The molecule has 4 rings (SSSR count). The number of aromatic hydroxyl groups is 1. The molecule has 5 heteroatoms. The molecule has 1 N–H and O–H groups in total. The monoisotopic (exact) mass is 371 g/mol. The van der Waals surface area contributed by atoms with Gasteiger partial charge in [-0.05, 0) is 75.9 Å². The molecule has 27 heavy (non-hydrogen) atoms. The van der Waals surface area contributed by atoms with Crippen LogP contribution in [0.3, 0.4) is 0 Å². The van der Waals surface area contributed by atoms with Gasteiger partial charge in [0.25, 0.3) is 0 Å². The minimum atomic E-state index is 0.229. The van der Waals surface area contributed by atoms with Crippen LogP contribution < -0.4 is 0 Å². The van der Waals surface area contributed by atoms with E-state index in [9.17, 15) is 9.90 Å². The zero-order valence-corrected chi connectivity index (χ0v) is 16.4. The van der Waals surface area contributed by atoms with Crippen molar-refractivity contribution >= 4 is 5.91 Å². The van der Waals surface area contributed by atoms with Gasteiger partial charge in [0.05, 0.1) is 5.92 Å². The Labute approximate surface area is 162 Å². The standard InChI is InChI=1S/C22H33N3O2/c26-21-7-5-18(6-8-21)16-23-14-9-20(10-15-23)25-13-3-4-19(17-25)22(27)24-11-1-2-12-24/h5-8,19-20,26H,1-4,9-17H2/t19-/m0/s1. The van der Waals surface area contributed by atoms with Crippen molar-refractivity contribution in [1.29, 1.82) is 0 Å². The maximum absolute atomic E-state index is 12.8. The van der Waals surface area contributed by atoms with Gasteiger partial charge in [-0.2, -0.15) is 0 Å². The lowest BCUT2D eigenvalue weighted by Crippen LogP contribution is -2.51. The highest BCUT2D eigenvalue weighted by Gasteiger charge is 2.34. The molecule has 1 atom stereocenters. The lowest BCUT2D eigenvalue weighted by atomic mass is 9.93. The Morgan fingerprint density at radius 3 is 2.33 bits per heavy atom. The molecule has 3 aliphatic heterocycles. The predicted octanol–water partition coefficient (Wildman–Crippen LogP) is 2.69. The van der Waals surface area contributed by atoms with Gasteiger partial charge in [-0.3, -0.25) is 14.6 Å². The zero-order valence-electron chi connectivity index (χ0n) is 16.4. The van der Waals surface area contributed by atoms with Gasteiger partial charge in [0.2, 0.25) is 5.91 Å². The molecule has 148 valence electrons. The molecule has 5 nitrogen and oxygen atoms in total. The van der Waals surface area contributed by atoms with E-state index in [0.29, 0.717) is 17.7 Å². The van der Waals surface area contributed by atoms with E-state index in [1.807, 2.05) is 12.1 Å². The summed E-state index contributed by atoms with van der Waals surface area (Å²) in [4.78, 5) is 20.0. The summed E-state index contributed by atoms with van der Waals surface area (Å²) in [7, 11) is 0. The summed E-state index contributed by atoms with van der Waals surface area (Å²) in [5.41, 5.74) is 1.26. The van der Waals surface area contributed by atoms with E-state index in [1.165, 1.54) is 31.2 Å². The predicted molar refractivity (Wildman–Crippen MR) is 107 cm³/mol. The van der Waals surface area contributed by atoms with E-state index >= 15 is 0 Å². The molecule has 0 aliphatic carbocycles. The Balaban J connectivity index is 1.26. The highest BCUT2D eigenvalue weighted by atomic mass is 16.3. The van der Waals surface area contributed by atoms with E-state index in [0.717, 1.165) is 58.7 Å². The maximum atomic E-state index is 12.8. The van der Waals surface area contributed by atoms with Gasteiger partial charge in [0.15, 0.2) is 0 Å². The van der Waals surface area contributed by atoms with Crippen LogP contribution in [0.5, 0.6) is 5.75 Å². The SMILES string of the molecule is O=C([C@H]1CCCN(C2CCN(Cc3ccc(O)cc3)CC2)C1)N1CCCC1. The second-order valence-electron chi connectivity index (χ2n) is 8.54. The van der Waals surface area contributed by atoms with Crippen molar-refractivity contribution in [3.05, 3.63) is 29.8 Å². The first-order valence-electron chi connectivity index (χ1n) is 10.7. The lowest BCUT2D eigenvalue weighted by Gasteiger charge is -2.42. The van der Waals surface area contributed by atoms with E-state index in [1.54, 1.807) is 12.1 Å². The highest BCUT2D eigenvalue weighted by Crippen LogP contribution is 2.26. The Kier molecular flexibility index (Phi) is 5.98. The van der Waals surface area contributed by atoms with Crippen molar-refractivity contribution in [2.75, 3.05) is 39.3 Å². The minimum Gasteiger partial charge on any atom is -0.508 e. The minimum absolute atomic E-state index is 0.229. The fraction of sp³-hybridized carbons (Fsp3) is 0.682. The molecule has 0 radical (unpaired) electrons. The first kappa shape index (κ1) is 18.8. The number of benzene rings is 1. The van der Waals surface area contributed by atoms with E-state index in [2.05, 4.69) is 14.7 Å². The van der Waals surface area contributed by atoms with Crippen LogP contribution in [0, 0.1) is 5.92 Å². The third-order valence-corrected chi connectivity index (χ3v) is 6.64. The average Bonchev–Trinajstić information content (AvgIpc) is 3.25. The normalized spacial score (nSPS) is 25.8. The van der Waals surface area contributed by atoms with Crippen molar-refractivity contribution in [3.8, 4) is 5.75 Å². The summed E-state index contributed by atoms with van der Waals surface area (Å²) in [5, 5.41) is 9.43. The highest BCUT2D eigenvalue weighted by molar-refractivity contribution is 5.79. The van der Waals surface area contributed by atoms with Gasteiger partial charge in [-0.15, -0.1) is 0 Å². The molecule has 0 bridgehead atoms. The van der Waals surface area contributed by atoms with Crippen LogP contribution in [-0.2, 0) is 11.3 Å². The third-order valence-electron chi connectivity index (χ3n) is 6.64. The van der Waals surface area contributed by atoms with Crippen LogP contribution in [0.2, 0.25) is 0 Å². The molecular weight excluding hydrogens is 338 g/mol. The first-order valence-corrected chi connectivity index (χ1v) is 10.7. The number of amides is 1. The van der Waals surface area contributed by atoms with Crippen molar-refractivity contribution in [2.24, 2.45) is 5.92 Å². The zero-order chi connectivity index (χ0) is 18.6.